The standard InChI is InChI=1S/C18H24N4O/c1-2-19-18(23)21-11-8-15(9-12-21)14-22-13-10-20-17(22)16-6-4-3-5-7-16/h3-7,10,13,15H,2,8-9,11-12,14H2,1H3,(H,19,23). The molecule has 0 aliphatic carbocycles. The molecule has 1 N–H and O–H groups in total. The van der Waals surface area contributed by atoms with E-state index in [9.17, 15) is 4.79 Å². The molecule has 2 heterocycles. The number of rotatable bonds is 4. The molecule has 0 radical (unpaired) electrons. The monoisotopic (exact) mass is 312 g/mol. The highest BCUT2D eigenvalue weighted by Gasteiger charge is 2.23. The van der Waals surface area contributed by atoms with E-state index in [0.29, 0.717) is 12.5 Å². The zero-order valence-electron chi connectivity index (χ0n) is 13.6. The van der Waals surface area contributed by atoms with E-state index < -0.39 is 0 Å². The van der Waals surface area contributed by atoms with Gasteiger partial charge >= 0.3 is 6.03 Å². The van der Waals surface area contributed by atoms with E-state index in [2.05, 4.69) is 33.2 Å². The minimum Gasteiger partial charge on any atom is -0.338 e. The van der Waals surface area contributed by atoms with Crippen LogP contribution in [0.1, 0.15) is 19.8 Å². The van der Waals surface area contributed by atoms with Gasteiger partial charge in [0.2, 0.25) is 0 Å². The summed E-state index contributed by atoms with van der Waals surface area (Å²) in [6.45, 7) is 5.29. The number of aromatic nitrogens is 2. The van der Waals surface area contributed by atoms with E-state index in [1.54, 1.807) is 0 Å². The summed E-state index contributed by atoms with van der Waals surface area (Å²) < 4.78 is 2.24. The first-order valence-electron chi connectivity index (χ1n) is 8.37. The Morgan fingerprint density at radius 2 is 2.00 bits per heavy atom. The molecule has 0 unspecified atom stereocenters. The molecule has 122 valence electrons. The van der Waals surface area contributed by atoms with Gasteiger partial charge in [0.1, 0.15) is 5.82 Å². The summed E-state index contributed by atoms with van der Waals surface area (Å²) in [6.07, 6.45) is 6.01. The Hall–Kier alpha value is -2.30. The molecule has 0 spiro atoms. The number of piperidine rings is 1. The van der Waals surface area contributed by atoms with Gasteiger partial charge in [0.15, 0.2) is 0 Å². The summed E-state index contributed by atoms with van der Waals surface area (Å²) in [4.78, 5) is 18.3. The van der Waals surface area contributed by atoms with Crippen molar-refractivity contribution in [3.63, 3.8) is 0 Å². The third kappa shape index (κ3) is 3.73. The zero-order valence-corrected chi connectivity index (χ0v) is 13.6. The van der Waals surface area contributed by atoms with Gasteiger partial charge < -0.3 is 14.8 Å². The molecule has 1 aliphatic heterocycles. The summed E-state index contributed by atoms with van der Waals surface area (Å²) in [6, 6.07) is 10.4. The Labute approximate surface area is 137 Å². The maximum atomic E-state index is 11.9. The van der Waals surface area contributed by atoms with Crippen LogP contribution in [0.15, 0.2) is 42.7 Å². The van der Waals surface area contributed by atoms with Crippen LogP contribution < -0.4 is 5.32 Å². The van der Waals surface area contributed by atoms with Gasteiger partial charge in [-0.3, -0.25) is 0 Å². The zero-order chi connectivity index (χ0) is 16.1. The molecule has 0 bridgehead atoms. The van der Waals surface area contributed by atoms with Gasteiger partial charge in [-0.25, -0.2) is 9.78 Å². The number of hydrogen-bond acceptors (Lipinski definition) is 2. The number of imidazole rings is 1. The largest absolute Gasteiger partial charge is 0.338 e. The Morgan fingerprint density at radius 1 is 1.26 bits per heavy atom. The molecular formula is C18H24N4O. The van der Waals surface area contributed by atoms with Gasteiger partial charge in [-0.05, 0) is 25.7 Å². The van der Waals surface area contributed by atoms with Crippen molar-refractivity contribution in [1.29, 1.82) is 0 Å². The van der Waals surface area contributed by atoms with Crippen LogP contribution in [0.2, 0.25) is 0 Å². The average Bonchev–Trinajstić information content (AvgIpc) is 3.05. The lowest BCUT2D eigenvalue weighted by Crippen LogP contribution is -2.44. The summed E-state index contributed by atoms with van der Waals surface area (Å²) in [5, 5.41) is 2.88. The number of carbonyl (C=O) groups excluding carboxylic acids is 1. The third-order valence-electron chi connectivity index (χ3n) is 4.43. The molecule has 2 amide bonds. The van der Waals surface area contributed by atoms with E-state index >= 15 is 0 Å². The second-order valence-electron chi connectivity index (χ2n) is 6.04. The van der Waals surface area contributed by atoms with Crippen LogP contribution in [-0.2, 0) is 6.54 Å². The Morgan fingerprint density at radius 3 is 2.70 bits per heavy atom. The van der Waals surface area contributed by atoms with Gasteiger partial charge in [0.05, 0.1) is 0 Å². The summed E-state index contributed by atoms with van der Waals surface area (Å²) in [5.74, 6) is 1.62. The van der Waals surface area contributed by atoms with E-state index in [1.165, 1.54) is 0 Å². The smallest absolute Gasteiger partial charge is 0.317 e. The van der Waals surface area contributed by atoms with Crippen LogP contribution in [0.3, 0.4) is 0 Å². The SMILES string of the molecule is CCNC(=O)N1CCC(Cn2ccnc2-c2ccccc2)CC1. The van der Waals surface area contributed by atoms with Crippen LogP contribution in [0.4, 0.5) is 4.79 Å². The minimum absolute atomic E-state index is 0.0681. The summed E-state index contributed by atoms with van der Waals surface area (Å²) >= 11 is 0. The Bertz CT molecular complexity index is 629. The quantitative estimate of drug-likeness (QED) is 0.943. The number of amides is 2. The summed E-state index contributed by atoms with van der Waals surface area (Å²) in [7, 11) is 0. The maximum Gasteiger partial charge on any atom is 0.317 e. The predicted octanol–water partition coefficient (Wildman–Crippen LogP) is 2.99. The van der Waals surface area contributed by atoms with Gasteiger partial charge in [-0.15, -0.1) is 0 Å². The number of carbonyl (C=O) groups is 1. The lowest BCUT2D eigenvalue weighted by molar-refractivity contribution is 0.166. The van der Waals surface area contributed by atoms with Gasteiger partial charge in [-0.2, -0.15) is 0 Å². The molecule has 0 saturated carbocycles. The lowest BCUT2D eigenvalue weighted by Gasteiger charge is -2.32. The minimum atomic E-state index is 0.0681. The van der Waals surface area contributed by atoms with Crippen molar-refractivity contribution in [1.82, 2.24) is 19.8 Å². The third-order valence-corrected chi connectivity index (χ3v) is 4.43. The van der Waals surface area contributed by atoms with Crippen LogP contribution in [0.25, 0.3) is 11.4 Å². The fourth-order valence-corrected chi connectivity index (χ4v) is 3.16. The molecule has 0 atom stereocenters. The van der Waals surface area contributed by atoms with E-state index in [-0.39, 0.29) is 6.03 Å². The van der Waals surface area contributed by atoms with E-state index in [1.807, 2.05) is 36.2 Å². The number of benzene rings is 1. The van der Waals surface area contributed by atoms with Crippen LogP contribution >= 0.6 is 0 Å². The molecule has 2 aromatic rings. The molecule has 1 aliphatic rings. The van der Waals surface area contributed by atoms with E-state index in [4.69, 9.17) is 0 Å². The molecule has 5 nitrogen and oxygen atoms in total. The highest BCUT2D eigenvalue weighted by Crippen LogP contribution is 2.23. The molecule has 1 saturated heterocycles. The number of nitrogens with one attached hydrogen (secondary N) is 1. The average molecular weight is 312 g/mol. The maximum absolute atomic E-state index is 11.9. The van der Waals surface area contributed by atoms with Crippen molar-refractivity contribution in [3.8, 4) is 11.4 Å². The van der Waals surface area contributed by atoms with Crippen molar-refractivity contribution in [2.24, 2.45) is 5.92 Å². The van der Waals surface area contributed by atoms with Crippen molar-refractivity contribution in [3.05, 3.63) is 42.7 Å². The highest BCUT2D eigenvalue weighted by atomic mass is 16.2. The topological polar surface area (TPSA) is 50.2 Å². The first-order valence-corrected chi connectivity index (χ1v) is 8.37. The molecular weight excluding hydrogens is 288 g/mol. The van der Waals surface area contributed by atoms with Crippen molar-refractivity contribution < 1.29 is 4.79 Å². The predicted molar refractivity (Wildman–Crippen MR) is 91.0 cm³/mol. The molecule has 3 rings (SSSR count). The highest BCUT2D eigenvalue weighted by molar-refractivity contribution is 5.74. The fraction of sp³-hybridized carbons (Fsp3) is 0.444. The normalized spacial score (nSPS) is 15.6. The molecule has 23 heavy (non-hydrogen) atoms. The van der Waals surface area contributed by atoms with Gasteiger partial charge in [0.25, 0.3) is 0 Å². The van der Waals surface area contributed by atoms with Crippen LogP contribution in [0, 0.1) is 5.92 Å². The number of nitrogens with zero attached hydrogens (tertiary/aromatic N) is 3. The Balaban J connectivity index is 1.60. The number of likely N-dealkylation sites (tertiary alicyclic amines) is 1. The first kappa shape index (κ1) is 15.6. The lowest BCUT2D eigenvalue weighted by atomic mass is 9.97. The molecule has 1 aromatic heterocycles. The van der Waals surface area contributed by atoms with E-state index in [0.717, 1.165) is 43.9 Å². The number of hydrogen-bond donors (Lipinski definition) is 1. The molecule has 5 heteroatoms. The second-order valence-corrected chi connectivity index (χ2v) is 6.04. The van der Waals surface area contributed by atoms with Crippen LogP contribution in [-0.4, -0.2) is 40.1 Å². The van der Waals surface area contributed by atoms with Gasteiger partial charge in [-0.1, -0.05) is 30.3 Å². The molecule has 1 aromatic carbocycles. The first-order chi connectivity index (χ1) is 11.3. The van der Waals surface area contributed by atoms with Crippen molar-refractivity contribution in [2.45, 2.75) is 26.3 Å². The molecule has 1 fully saturated rings. The fourth-order valence-electron chi connectivity index (χ4n) is 3.16. The van der Waals surface area contributed by atoms with Crippen molar-refractivity contribution >= 4 is 6.03 Å². The van der Waals surface area contributed by atoms with Gasteiger partial charge in [0, 0.05) is 44.1 Å². The Kier molecular flexibility index (Phi) is 4.95. The summed E-state index contributed by atoms with van der Waals surface area (Å²) in [5.41, 5.74) is 1.15. The van der Waals surface area contributed by atoms with Crippen LogP contribution in [0.5, 0.6) is 0 Å². The second kappa shape index (κ2) is 7.31. The van der Waals surface area contributed by atoms with Crippen molar-refractivity contribution in [2.75, 3.05) is 19.6 Å². The number of urea groups is 1.